The Morgan fingerprint density at radius 1 is 1.43 bits per heavy atom. The van der Waals surface area contributed by atoms with Crippen LogP contribution >= 0.6 is 11.8 Å². The first-order valence-electron chi connectivity index (χ1n) is 7.00. The molecule has 1 heterocycles. The summed E-state index contributed by atoms with van der Waals surface area (Å²) in [6, 6.07) is 7.81. The number of hydrogen-bond acceptors (Lipinski definition) is 5. The first-order chi connectivity index (χ1) is 9.94. The molecule has 0 spiro atoms. The lowest BCUT2D eigenvalue weighted by Crippen LogP contribution is -2.30. The Balaban J connectivity index is 2.22. The highest BCUT2D eigenvalue weighted by molar-refractivity contribution is 8.14. The van der Waals surface area contributed by atoms with Crippen LogP contribution in [-0.4, -0.2) is 24.1 Å². The van der Waals surface area contributed by atoms with E-state index < -0.39 is 0 Å². The average Bonchev–Trinajstić information content (AvgIpc) is 2.47. The van der Waals surface area contributed by atoms with Gasteiger partial charge in [0.25, 0.3) is 0 Å². The highest BCUT2D eigenvalue weighted by Gasteiger charge is 2.27. The summed E-state index contributed by atoms with van der Waals surface area (Å²) < 4.78 is 5.35. The molecule has 4 nitrogen and oxygen atoms in total. The minimum absolute atomic E-state index is 0.169. The molecular weight excluding hydrogens is 282 g/mol. The van der Waals surface area contributed by atoms with E-state index in [2.05, 4.69) is 32.2 Å². The maximum absolute atomic E-state index is 8.94. The highest BCUT2D eigenvalue weighted by Crippen LogP contribution is 2.32. The molecule has 1 N–H and O–H groups in total. The number of benzene rings is 1. The molecule has 0 radical (unpaired) electrons. The van der Waals surface area contributed by atoms with Gasteiger partial charge in [0.05, 0.1) is 30.5 Å². The molecule has 112 valence electrons. The van der Waals surface area contributed by atoms with E-state index in [0.29, 0.717) is 17.4 Å². The quantitative estimate of drug-likeness (QED) is 0.900. The second kappa shape index (κ2) is 6.40. The van der Waals surface area contributed by atoms with Gasteiger partial charge in [0, 0.05) is 11.8 Å². The molecule has 0 aliphatic carbocycles. The van der Waals surface area contributed by atoms with Gasteiger partial charge < -0.3 is 10.1 Å². The van der Waals surface area contributed by atoms with Crippen LogP contribution in [0.25, 0.3) is 0 Å². The van der Waals surface area contributed by atoms with Crippen molar-refractivity contribution in [2.45, 2.75) is 33.2 Å². The smallest absolute Gasteiger partial charge is 0.161 e. The lowest BCUT2D eigenvalue weighted by Gasteiger charge is -2.31. The zero-order valence-corrected chi connectivity index (χ0v) is 13.8. The van der Waals surface area contributed by atoms with Crippen molar-refractivity contribution in [2.24, 2.45) is 10.4 Å². The summed E-state index contributed by atoms with van der Waals surface area (Å²) in [5, 5.41) is 13.2. The van der Waals surface area contributed by atoms with Crippen molar-refractivity contribution in [3.63, 3.8) is 0 Å². The fourth-order valence-electron chi connectivity index (χ4n) is 2.18. The summed E-state index contributed by atoms with van der Waals surface area (Å²) in [6.45, 7) is 6.66. The fraction of sp³-hybridized carbons (Fsp3) is 0.500. The molecule has 1 atom stereocenters. The lowest BCUT2D eigenvalue weighted by atomic mass is 9.85. The molecule has 1 aliphatic heterocycles. The third-order valence-electron chi connectivity index (χ3n) is 3.48. The normalized spacial score (nSPS) is 18.6. The van der Waals surface area contributed by atoms with Crippen LogP contribution in [0.5, 0.6) is 5.75 Å². The molecule has 1 aromatic carbocycles. The van der Waals surface area contributed by atoms with Crippen LogP contribution in [0.2, 0.25) is 0 Å². The highest BCUT2D eigenvalue weighted by atomic mass is 32.2. The second-order valence-corrected chi connectivity index (χ2v) is 7.19. The number of nitriles is 1. The van der Waals surface area contributed by atoms with Crippen molar-refractivity contribution in [3.05, 3.63) is 23.8 Å². The molecule has 0 fully saturated rings. The average molecular weight is 303 g/mol. The number of nitrogens with zero attached hydrogens (tertiary/aromatic N) is 2. The van der Waals surface area contributed by atoms with Gasteiger partial charge in [-0.05, 0) is 24.0 Å². The number of amidine groups is 1. The Hall–Kier alpha value is -1.67. The van der Waals surface area contributed by atoms with Crippen LogP contribution < -0.4 is 10.1 Å². The maximum atomic E-state index is 8.94. The van der Waals surface area contributed by atoms with E-state index in [9.17, 15) is 0 Å². The van der Waals surface area contributed by atoms with Crippen molar-refractivity contribution in [2.75, 3.05) is 18.2 Å². The van der Waals surface area contributed by atoms with Gasteiger partial charge in [0.1, 0.15) is 5.75 Å². The van der Waals surface area contributed by atoms with Crippen LogP contribution in [0.4, 0.5) is 5.69 Å². The number of nitrogens with one attached hydrogen (secondary N) is 1. The third-order valence-corrected chi connectivity index (χ3v) is 4.40. The summed E-state index contributed by atoms with van der Waals surface area (Å²) in [6.07, 6.45) is 1.10. The molecule has 0 aromatic heterocycles. The number of anilines is 1. The summed E-state index contributed by atoms with van der Waals surface area (Å²) in [5.41, 5.74) is 1.60. The Kier molecular flexibility index (Phi) is 4.79. The van der Waals surface area contributed by atoms with Gasteiger partial charge in [-0.15, -0.1) is 0 Å². The summed E-state index contributed by atoms with van der Waals surface area (Å²) in [5.74, 6) is 1.72. The zero-order valence-electron chi connectivity index (χ0n) is 12.9. The molecule has 1 aromatic rings. The minimum atomic E-state index is 0.169. The Labute approximate surface area is 130 Å². The first kappa shape index (κ1) is 15.7. The van der Waals surface area contributed by atoms with E-state index in [4.69, 9.17) is 15.0 Å². The van der Waals surface area contributed by atoms with Crippen LogP contribution in [0.3, 0.4) is 0 Å². The van der Waals surface area contributed by atoms with E-state index >= 15 is 0 Å². The van der Waals surface area contributed by atoms with E-state index in [1.54, 1.807) is 31.0 Å². The van der Waals surface area contributed by atoms with Crippen molar-refractivity contribution in [1.29, 1.82) is 5.26 Å². The molecule has 0 saturated heterocycles. The van der Waals surface area contributed by atoms with Gasteiger partial charge in [-0.1, -0.05) is 32.5 Å². The Morgan fingerprint density at radius 3 is 2.81 bits per heavy atom. The van der Waals surface area contributed by atoms with Crippen LogP contribution in [0.15, 0.2) is 23.2 Å². The standard InChI is InChI=1S/C16H21N3OS/c1-16(2,3)14-7-8-21-15(19-14)18-12-6-5-11(10-17)9-13(12)20-4/h5-6,9,14H,7-8H2,1-4H3,(H,18,19). The molecule has 21 heavy (non-hydrogen) atoms. The SMILES string of the molecule is COc1cc(C#N)ccc1NC1=NC(C(C)(C)C)CCS1. The molecule has 2 rings (SSSR count). The predicted molar refractivity (Wildman–Crippen MR) is 89.1 cm³/mol. The van der Waals surface area contributed by atoms with Crippen LogP contribution in [0.1, 0.15) is 32.8 Å². The largest absolute Gasteiger partial charge is 0.495 e. The minimum Gasteiger partial charge on any atom is -0.495 e. The van der Waals surface area contributed by atoms with Crippen molar-refractivity contribution < 1.29 is 4.74 Å². The summed E-state index contributed by atoms with van der Waals surface area (Å²) in [4.78, 5) is 4.81. The molecule has 0 bridgehead atoms. The molecule has 1 unspecified atom stereocenters. The van der Waals surface area contributed by atoms with E-state index in [-0.39, 0.29) is 5.41 Å². The van der Waals surface area contributed by atoms with E-state index in [1.165, 1.54) is 0 Å². The number of aliphatic imine (C=N–C) groups is 1. The molecule has 0 saturated carbocycles. The molecule has 1 aliphatic rings. The summed E-state index contributed by atoms with van der Waals surface area (Å²) in [7, 11) is 1.61. The number of rotatable bonds is 2. The second-order valence-electron chi connectivity index (χ2n) is 6.11. The number of ether oxygens (including phenoxy) is 1. The van der Waals surface area contributed by atoms with Gasteiger partial charge in [-0.25, -0.2) is 0 Å². The number of hydrogen-bond donors (Lipinski definition) is 1. The van der Waals surface area contributed by atoms with Gasteiger partial charge in [-0.2, -0.15) is 5.26 Å². The number of thioether (sulfide) groups is 1. The maximum Gasteiger partial charge on any atom is 0.161 e. The molecular formula is C16H21N3OS. The van der Waals surface area contributed by atoms with Gasteiger partial charge in [-0.3, -0.25) is 4.99 Å². The van der Waals surface area contributed by atoms with Crippen molar-refractivity contribution in [1.82, 2.24) is 0 Å². The van der Waals surface area contributed by atoms with Crippen molar-refractivity contribution >= 4 is 22.6 Å². The molecule has 0 amide bonds. The van der Waals surface area contributed by atoms with Gasteiger partial charge >= 0.3 is 0 Å². The van der Waals surface area contributed by atoms with E-state index in [0.717, 1.165) is 23.0 Å². The monoisotopic (exact) mass is 303 g/mol. The molecule has 5 heteroatoms. The lowest BCUT2D eigenvalue weighted by molar-refractivity contribution is 0.316. The predicted octanol–water partition coefficient (Wildman–Crippen LogP) is 3.89. The van der Waals surface area contributed by atoms with Crippen LogP contribution in [-0.2, 0) is 0 Å². The third kappa shape index (κ3) is 3.92. The van der Waals surface area contributed by atoms with Crippen molar-refractivity contribution in [3.8, 4) is 11.8 Å². The zero-order chi connectivity index (χ0) is 15.5. The Bertz CT molecular complexity index is 584. The number of methoxy groups -OCH3 is 1. The van der Waals surface area contributed by atoms with Gasteiger partial charge in [0.2, 0.25) is 0 Å². The van der Waals surface area contributed by atoms with E-state index in [1.807, 2.05) is 6.07 Å². The van der Waals surface area contributed by atoms with Crippen LogP contribution in [0, 0.1) is 16.7 Å². The summed E-state index contributed by atoms with van der Waals surface area (Å²) >= 11 is 1.73. The van der Waals surface area contributed by atoms with Gasteiger partial charge in [0.15, 0.2) is 5.17 Å². The first-order valence-corrected chi connectivity index (χ1v) is 7.98. The topological polar surface area (TPSA) is 57.4 Å². The fourth-order valence-corrected chi connectivity index (χ4v) is 3.10. The Morgan fingerprint density at radius 2 is 2.19 bits per heavy atom.